The Labute approximate surface area is 111 Å². The van der Waals surface area contributed by atoms with E-state index in [1.165, 1.54) is 19.2 Å². The van der Waals surface area contributed by atoms with Crippen LogP contribution in [0.15, 0.2) is 18.2 Å². The summed E-state index contributed by atoms with van der Waals surface area (Å²) in [4.78, 5) is 13.8. The summed E-state index contributed by atoms with van der Waals surface area (Å²) >= 11 is 0. The summed E-state index contributed by atoms with van der Waals surface area (Å²) in [6.07, 6.45) is 0.981. The molecule has 0 spiro atoms. The number of ether oxygens (including phenoxy) is 1. The van der Waals surface area contributed by atoms with E-state index in [-0.39, 0.29) is 5.75 Å². The van der Waals surface area contributed by atoms with Crippen LogP contribution in [0.2, 0.25) is 0 Å². The highest BCUT2D eigenvalue weighted by Gasteiger charge is 2.42. The Morgan fingerprint density at radius 1 is 1.42 bits per heavy atom. The number of carboxylic acids is 1. The van der Waals surface area contributed by atoms with Crippen LogP contribution in [0, 0.1) is 5.82 Å². The molecule has 2 rings (SSSR count). The van der Waals surface area contributed by atoms with Crippen LogP contribution < -0.4 is 4.74 Å². The van der Waals surface area contributed by atoms with Gasteiger partial charge in [-0.3, -0.25) is 4.79 Å². The summed E-state index contributed by atoms with van der Waals surface area (Å²) in [5.41, 5.74) is -0.467. The summed E-state index contributed by atoms with van der Waals surface area (Å²) in [5.74, 6) is -1.26. The number of hydrogen-bond acceptors (Lipinski definition) is 3. The van der Waals surface area contributed by atoms with Crippen LogP contribution in [0.5, 0.6) is 5.75 Å². The number of hydrogen-bond donors (Lipinski definition) is 1. The molecule has 0 aromatic heterocycles. The molecule has 1 aliphatic heterocycles. The molecule has 0 aliphatic carbocycles. The van der Waals surface area contributed by atoms with E-state index < -0.39 is 17.2 Å². The van der Waals surface area contributed by atoms with Gasteiger partial charge >= 0.3 is 5.97 Å². The minimum Gasteiger partial charge on any atom is -0.494 e. The number of methoxy groups -OCH3 is 1. The number of aliphatic carboxylic acids is 1. The molecule has 104 valence electrons. The second-order valence-corrected chi connectivity index (χ2v) is 5.04. The van der Waals surface area contributed by atoms with Gasteiger partial charge in [-0.2, -0.15) is 0 Å². The molecule has 1 aromatic carbocycles. The largest absolute Gasteiger partial charge is 0.494 e. The fraction of sp³-hybridized carbons (Fsp3) is 0.500. The minimum atomic E-state index is -0.986. The van der Waals surface area contributed by atoms with Gasteiger partial charge in [0.2, 0.25) is 0 Å². The van der Waals surface area contributed by atoms with Crippen LogP contribution in [0.4, 0.5) is 4.39 Å². The van der Waals surface area contributed by atoms with Gasteiger partial charge < -0.3 is 14.7 Å². The Balaban J connectivity index is 2.40. The molecule has 5 heteroatoms. The second kappa shape index (κ2) is 5.17. The van der Waals surface area contributed by atoms with Gasteiger partial charge in [0, 0.05) is 0 Å². The maximum absolute atomic E-state index is 13.8. The minimum absolute atomic E-state index is 0.136. The van der Waals surface area contributed by atoms with Crippen molar-refractivity contribution in [1.82, 2.24) is 4.90 Å². The van der Waals surface area contributed by atoms with Gasteiger partial charge in [-0.15, -0.1) is 0 Å². The van der Waals surface area contributed by atoms with Crippen molar-refractivity contribution in [3.8, 4) is 5.75 Å². The summed E-state index contributed by atoms with van der Waals surface area (Å²) in [6.45, 7) is 1.39. The number of likely N-dealkylation sites (tertiary alicyclic amines) is 1. The van der Waals surface area contributed by atoms with Crippen LogP contribution in [0.25, 0.3) is 0 Å². The highest BCUT2D eigenvalue weighted by atomic mass is 19.1. The van der Waals surface area contributed by atoms with E-state index in [0.29, 0.717) is 31.5 Å². The fourth-order valence-electron chi connectivity index (χ4n) is 2.59. The molecule has 1 aliphatic rings. The Kier molecular flexibility index (Phi) is 3.75. The Hall–Kier alpha value is -1.62. The first-order valence-electron chi connectivity index (χ1n) is 6.25. The monoisotopic (exact) mass is 267 g/mol. The van der Waals surface area contributed by atoms with E-state index in [4.69, 9.17) is 4.74 Å². The molecule has 1 N–H and O–H groups in total. The van der Waals surface area contributed by atoms with Crippen molar-refractivity contribution < 1.29 is 19.0 Å². The normalized spacial score (nSPS) is 19.1. The van der Waals surface area contributed by atoms with Crippen LogP contribution in [-0.2, 0) is 10.2 Å². The van der Waals surface area contributed by atoms with Gasteiger partial charge in [-0.05, 0) is 50.7 Å². The zero-order valence-corrected chi connectivity index (χ0v) is 11.1. The van der Waals surface area contributed by atoms with Crippen LogP contribution in [-0.4, -0.2) is 43.2 Å². The average molecular weight is 267 g/mol. The number of piperidine rings is 1. The predicted octanol–water partition coefficient (Wildman–Crippen LogP) is 1.88. The number of benzene rings is 1. The SMILES string of the molecule is COc1ccc(C2(C(=O)O)CCN(C)CC2)cc1F. The van der Waals surface area contributed by atoms with Crippen LogP contribution >= 0.6 is 0 Å². The first-order chi connectivity index (χ1) is 8.99. The van der Waals surface area contributed by atoms with Crippen molar-refractivity contribution in [3.63, 3.8) is 0 Å². The van der Waals surface area contributed by atoms with Crippen molar-refractivity contribution in [2.45, 2.75) is 18.3 Å². The van der Waals surface area contributed by atoms with E-state index in [9.17, 15) is 14.3 Å². The summed E-state index contributed by atoms with van der Waals surface area (Å²) < 4.78 is 18.7. The van der Waals surface area contributed by atoms with Gasteiger partial charge in [0.25, 0.3) is 0 Å². The molecule has 4 nitrogen and oxygen atoms in total. The summed E-state index contributed by atoms with van der Waals surface area (Å²) in [6, 6.07) is 4.44. The van der Waals surface area contributed by atoms with Gasteiger partial charge in [0.1, 0.15) is 0 Å². The van der Waals surface area contributed by atoms with Crippen molar-refractivity contribution >= 4 is 5.97 Å². The van der Waals surface area contributed by atoms with Gasteiger partial charge in [0.05, 0.1) is 12.5 Å². The highest BCUT2D eigenvalue weighted by molar-refractivity contribution is 5.81. The molecule has 0 amide bonds. The molecule has 0 saturated carbocycles. The molecule has 0 unspecified atom stereocenters. The Morgan fingerprint density at radius 2 is 2.05 bits per heavy atom. The highest BCUT2D eigenvalue weighted by Crippen LogP contribution is 2.37. The first kappa shape index (κ1) is 13.8. The van der Waals surface area contributed by atoms with E-state index in [1.807, 2.05) is 7.05 Å². The van der Waals surface area contributed by atoms with E-state index in [2.05, 4.69) is 4.90 Å². The molecule has 19 heavy (non-hydrogen) atoms. The number of carbonyl (C=O) groups is 1. The first-order valence-corrected chi connectivity index (χ1v) is 6.25. The third kappa shape index (κ3) is 2.42. The molecule has 1 saturated heterocycles. The van der Waals surface area contributed by atoms with Crippen molar-refractivity contribution in [1.29, 1.82) is 0 Å². The molecule has 1 aromatic rings. The van der Waals surface area contributed by atoms with Gasteiger partial charge in [-0.1, -0.05) is 6.07 Å². The third-order valence-corrected chi connectivity index (χ3v) is 3.95. The predicted molar refractivity (Wildman–Crippen MR) is 69.0 cm³/mol. The summed E-state index contributed by atoms with van der Waals surface area (Å²) in [7, 11) is 3.35. The fourth-order valence-corrected chi connectivity index (χ4v) is 2.59. The topological polar surface area (TPSA) is 49.8 Å². The van der Waals surface area contributed by atoms with Crippen molar-refractivity contribution in [2.24, 2.45) is 0 Å². The van der Waals surface area contributed by atoms with E-state index in [0.717, 1.165) is 0 Å². The smallest absolute Gasteiger partial charge is 0.314 e. The summed E-state index contributed by atoms with van der Waals surface area (Å²) in [5, 5.41) is 9.57. The Morgan fingerprint density at radius 3 is 2.53 bits per heavy atom. The van der Waals surface area contributed by atoms with E-state index >= 15 is 0 Å². The lowest BCUT2D eigenvalue weighted by molar-refractivity contribution is -0.145. The van der Waals surface area contributed by atoms with Crippen molar-refractivity contribution in [3.05, 3.63) is 29.6 Å². The second-order valence-electron chi connectivity index (χ2n) is 5.04. The van der Waals surface area contributed by atoms with Crippen molar-refractivity contribution in [2.75, 3.05) is 27.2 Å². The number of halogens is 1. The number of nitrogens with zero attached hydrogens (tertiary/aromatic N) is 1. The molecular weight excluding hydrogens is 249 g/mol. The number of rotatable bonds is 3. The molecule has 1 heterocycles. The van der Waals surface area contributed by atoms with Crippen LogP contribution in [0.3, 0.4) is 0 Å². The average Bonchev–Trinajstić information content (AvgIpc) is 2.39. The molecule has 0 atom stereocenters. The van der Waals surface area contributed by atoms with Crippen LogP contribution in [0.1, 0.15) is 18.4 Å². The quantitative estimate of drug-likeness (QED) is 0.908. The zero-order valence-electron chi connectivity index (χ0n) is 11.1. The lowest BCUT2D eigenvalue weighted by Crippen LogP contribution is -2.46. The molecule has 1 fully saturated rings. The molecule has 0 bridgehead atoms. The molecular formula is C14H18FNO3. The maximum atomic E-state index is 13.8. The third-order valence-electron chi connectivity index (χ3n) is 3.95. The zero-order chi connectivity index (χ0) is 14.0. The lowest BCUT2D eigenvalue weighted by atomic mass is 9.73. The molecule has 0 radical (unpaired) electrons. The van der Waals surface area contributed by atoms with Gasteiger partial charge in [-0.25, -0.2) is 4.39 Å². The standard InChI is InChI=1S/C14H18FNO3/c1-16-7-5-14(6-8-16,13(17)18)10-3-4-12(19-2)11(15)9-10/h3-4,9H,5-8H2,1-2H3,(H,17,18). The lowest BCUT2D eigenvalue weighted by Gasteiger charge is -2.37. The van der Waals surface area contributed by atoms with E-state index in [1.54, 1.807) is 6.07 Å². The van der Waals surface area contributed by atoms with Gasteiger partial charge in [0.15, 0.2) is 11.6 Å². The number of carboxylic acid groups (broad SMARTS) is 1. The Bertz CT molecular complexity index is 482. The maximum Gasteiger partial charge on any atom is 0.314 e.